The third kappa shape index (κ3) is 5.57. The molecule has 1 saturated heterocycles. The van der Waals surface area contributed by atoms with Crippen LogP contribution in [0.4, 0.5) is 5.69 Å². The lowest BCUT2D eigenvalue weighted by atomic mass is 10.1. The molecule has 2 aromatic carbocycles. The number of hydrogen-bond acceptors (Lipinski definition) is 5. The lowest BCUT2D eigenvalue weighted by molar-refractivity contribution is -0.116. The maximum absolute atomic E-state index is 12.9. The summed E-state index contributed by atoms with van der Waals surface area (Å²) in [5, 5.41) is 2.78. The van der Waals surface area contributed by atoms with Gasteiger partial charge in [-0.2, -0.15) is 4.31 Å². The highest BCUT2D eigenvalue weighted by Crippen LogP contribution is 2.29. The van der Waals surface area contributed by atoms with Crippen LogP contribution in [0.1, 0.15) is 12.0 Å². The molecule has 1 amide bonds. The lowest BCUT2D eigenvalue weighted by Gasteiger charge is -2.26. The zero-order chi connectivity index (χ0) is 20.9. The number of benzene rings is 2. The smallest absolute Gasteiger partial charge is 0.243 e. The van der Waals surface area contributed by atoms with E-state index in [-0.39, 0.29) is 17.2 Å². The van der Waals surface area contributed by atoms with E-state index in [4.69, 9.17) is 9.47 Å². The van der Waals surface area contributed by atoms with Gasteiger partial charge in [-0.05, 0) is 42.3 Å². The number of carbonyl (C=O) groups excluding carboxylic acids is 1. The minimum absolute atomic E-state index is 0.113. The molecule has 0 unspecified atom stereocenters. The Hall–Kier alpha value is -1.94. The number of hydrogen-bond donors (Lipinski definition) is 1. The Bertz CT molecular complexity index is 975. The molecule has 0 saturated carbocycles. The van der Waals surface area contributed by atoms with Crippen LogP contribution in [0.3, 0.4) is 0 Å². The minimum Gasteiger partial charge on any atom is -0.495 e. The van der Waals surface area contributed by atoms with Crippen molar-refractivity contribution in [1.82, 2.24) is 4.31 Å². The van der Waals surface area contributed by atoms with E-state index >= 15 is 0 Å². The van der Waals surface area contributed by atoms with Crippen molar-refractivity contribution in [2.45, 2.75) is 17.7 Å². The van der Waals surface area contributed by atoms with Gasteiger partial charge in [0.1, 0.15) is 5.75 Å². The lowest BCUT2D eigenvalue weighted by Crippen LogP contribution is -2.40. The fourth-order valence-corrected chi connectivity index (χ4v) is 4.93. The van der Waals surface area contributed by atoms with Crippen LogP contribution in [-0.4, -0.2) is 52.0 Å². The van der Waals surface area contributed by atoms with Gasteiger partial charge in [0, 0.05) is 24.0 Å². The molecule has 0 radical (unpaired) electrons. The number of rotatable bonds is 7. The number of amides is 1. The second-order valence-electron chi connectivity index (χ2n) is 6.56. The van der Waals surface area contributed by atoms with E-state index in [1.165, 1.54) is 23.5 Å². The topological polar surface area (TPSA) is 84.9 Å². The molecule has 0 spiro atoms. The third-order valence-electron chi connectivity index (χ3n) is 4.58. The van der Waals surface area contributed by atoms with Crippen LogP contribution in [0.25, 0.3) is 0 Å². The Balaban J connectivity index is 1.73. The number of nitrogens with zero attached hydrogens (tertiary/aromatic N) is 1. The standard InChI is InChI=1S/C20H23BrN2O5S/c1-27-19-7-6-17(29(25,26)23-9-11-28-12-10-23)14-18(19)22-20(24)8-5-15-3-2-4-16(21)13-15/h2-4,6-7,13-14H,5,8-12H2,1H3,(H,22,24). The third-order valence-corrected chi connectivity index (χ3v) is 6.97. The van der Waals surface area contributed by atoms with Gasteiger partial charge >= 0.3 is 0 Å². The van der Waals surface area contributed by atoms with E-state index < -0.39 is 10.0 Å². The first-order valence-electron chi connectivity index (χ1n) is 9.20. The fourth-order valence-electron chi connectivity index (χ4n) is 3.04. The van der Waals surface area contributed by atoms with Gasteiger partial charge in [-0.1, -0.05) is 28.1 Å². The molecule has 1 fully saturated rings. The highest BCUT2D eigenvalue weighted by atomic mass is 79.9. The SMILES string of the molecule is COc1ccc(S(=O)(=O)N2CCOCC2)cc1NC(=O)CCc1cccc(Br)c1. The normalized spacial score (nSPS) is 15.1. The second kappa shape index (κ2) is 9.71. The van der Waals surface area contributed by atoms with Crippen LogP contribution in [0.15, 0.2) is 51.8 Å². The van der Waals surface area contributed by atoms with Gasteiger partial charge < -0.3 is 14.8 Å². The maximum atomic E-state index is 12.9. The number of ether oxygens (including phenoxy) is 2. The van der Waals surface area contributed by atoms with Gasteiger partial charge in [0.25, 0.3) is 0 Å². The quantitative estimate of drug-likeness (QED) is 0.655. The average molecular weight is 483 g/mol. The van der Waals surface area contributed by atoms with Crippen molar-refractivity contribution >= 4 is 37.5 Å². The number of carbonyl (C=O) groups is 1. The first-order chi connectivity index (χ1) is 13.9. The number of sulfonamides is 1. The summed E-state index contributed by atoms with van der Waals surface area (Å²) in [7, 11) is -2.19. The molecular weight excluding hydrogens is 460 g/mol. The highest BCUT2D eigenvalue weighted by Gasteiger charge is 2.27. The summed E-state index contributed by atoms with van der Waals surface area (Å²) in [5.74, 6) is 0.186. The number of nitrogens with one attached hydrogen (secondary N) is 1. The molecule has 1 N–H and O–H groups in total. The van der Waals surface area contributed by atoms with E-state index in [9.17, 15) is 13.2 Å². The molecule has 0 aromatic heterocycles. The van der Waals surface area contributed by atoms with E-state index in [2.05, 4.69) is 21.2 Å². The number of methoxy groups -OCH3 is 1. The van der Waals surface area contributed by atoms with Crippen LogP contribution in [0.5, 0.6) is 5.75 Å². The maximum Gasteiger partial charge on any atom is 0.243 e. The van der Waals surface area contributed by atoms with Gasteiger partial charge in [-0.25, -0.2) is 8.42 Å². The fraction of sp³-hybridized carbons (Fsp3) is 0.350. The van der Waals surface area contributed by atoms with Gasteiger partial charge in [-0.3, -0.25) is 4.79 Å². The molecule has 29 heavy (non-hydrogen) atoms. The second-order valence-corrected chi connectivity index (χ2v) is 9.41. The summed E-state index contributed by atoms with van der Waals surface area (Å²) in [5.41, 5.74) is 1.37. The van der Waals surface area contributed by atoms with Crippen LogP contribution in [-0.2, 0) is 26.0 Å². The molecule has 156 valence electrons. The molecule has 9 heteroatoms. The molecule has 1 heterocycles. The van der Waals surface area contributed by atoms with E-state index in [0.717, 1.165) is 10.0 Å². The summed E-state index contributed by atoms with van der Waals surface area (Å²) in [4.78, 5) is 12.6. The first-order valence-corrected chi connectivity index (χ1v) is 11.4. The molecular formula is C20H23BrN2O5S. The van der Waals surface area contributed by atoms with Crippen LogP contribution >= 0.6 is 15.9 Å². The largest absolute Gasteiger partial charge is 0.495 e. The number of halogens is 1. The Morgan fingerprint density at radius 3 is 2.66 bits per heavy atom. The summed E-state index contributed by atoms with van der Waals surface area (Å²) in [6, 6.07) is 12.2. The summed E-state index contributed by atoms with van der Waals surface area (Å²) < 4.78 is 38.6. The van der Waals surface area contributed by atoms with Crippen LogP contribution in [0, 0.1) is 0 Å². The monoisotopic (exact) mass is 482 g/mol. The molecule has 0 bridgehead atoms. The van der Waals surface area contributed by atoms with Gasteiger partial charge in [-0.15, -0.1) is 0 Å². The van der Waals surface area contributed by atoms with E-state index in [1.54, 1.807) is 6.07 Å². The molecule has 0 atom stereocenters. The first kappa shape index (κ1) is 21.8. The summed E-state index contributed by atoms with van der Waals surface area (Å²) >= 11 is 3.42. The summed E-state index contributed by atoms with van der Waals surface area (Å²) in [6.07, 6.45) is 0.833. The molecule has 2 aromatic rings. The van der Waals surface area contributed by atoms with E-state index in [1.807, 2.05) is 24.3 Å². The minimum atomic E-state index is -3.66. The molecule has 3 rings (SSSR count). The van der Waals surface area contributed by atoms with Crippen molar-refractivity contribution in [2.75, 3.05) is 38.7 Å². The van der Waals surface area contributed by atoms with Crippen molar-refractivity contribution < 1.29 is 22.7 Å². The predicted molar refractivity (Wildman–Crippen MR) is 114 cm³/mol. The van der Waals surface area contributed by atoms with Crippen molar-refractivity contribution in [2.24, 2.45) is 0 Å². The Morgan fingerprint density at radius 2 is 1.97 bits per heavy atom. The molecule has 0 aliphatic carbocycles. The van der Waals surface area contributed by atoms with Gasteiger partial charge in [0.2, 0.25) is 15.9 Å². The van der Waals surface area contributed by atoms with Crippen LogP contribution < -0.4 is 10.1 Å². The number of aryl methyl sites for hydroxylation is 1. The Labute approximate surface area is 179 Å². The summed E-state index contributed by atoms with van der Waals surface area (Å²) in [6.45, 7) is 1.36. The highest BCUT2D eigenvalue weighted by molar-refractivity contribution is 9.10. The zero-order valence-electron chi connectivity index (χ0n) is 16.1. The van der Waals surface area contributed by atoms with Crippen molar-refractivity contribution in [3.8, 4) is 5.75 Å². The van der Waals surface area contributed by atoms with Crippen LogP contribution in [0.2, 0.25) is 0 Å². The average Bonchev–Trinajstić information content (AvgIpc) is 2.73. The van der Waals surface area contributed by atoms with E-state index in [0.29, 0.717) is 44.2 Å². The van der Waals surface area contributed by atoms with Crippen molar-refractivity contribution in [3.05, 3.63) is 52.5 Å². The van der Waals surface area contributed by atoms with Crippen molar-refractivity contribution in [1.29, 1.82) is 0 Å². The Kier molecular flexibility index (Phi) is 7.28. The Morgan fingerprint density at radius 1 is 1.21 bits per heavy atom. The van der Waals surface area contributed by atoms with Crippen molar-refractivity contribution in [3.63, 3.8) is 0 Å². The zero-order valence-corrected chi connectivity index (χ0v) is 18.5. The van der Waals surface area contributed by atoms with Gasteiger partial charge in [0.05, 0.1) is 30.9 Å². The van der Waals surface area contributed by atoms with Gasteiger partial charge in [0.15, 0.2) is 0 Å². The number of anilines is 1. The predicted octanol–water partition coefficient (Wildman–Crippen LogP) is 3.05. The molecule has 1 aliphatic rings. The molecule has 7 nitrogen and oxygen atoms in total. The number of morpholine rings is 1. The molecule has 1 aliphatic heterocycles.